The van der Waals surface area contributed by atoms with Crippen molar-refractivity contribution in [3.05, 3.63) is 81.8 Å². The van der Waals surface area contributed by atoms with Gasteiger partial charge in [-0.1, -0.05) is 32.0 Å². The molecule has 5 N–H and O–H groups in total. The lowest BCUT2D eigenvalue weighted by Crippen LogP contribution is -2.53. The number of nitrogen functional groups attached to an aromatic ring is 1. The fourth-order valence-corrected chi connectivity index (χ4v) is 7.94. The number of morpholine rings is 1. The largest absolute Gasteiger partial charge is 0.508 e. The Balaban J connectivity index is 0.909. The number of nitrogens with zero attached hydrogens (tertiary/aromatic N) is 8. The quantitative estimate of drug-likeness (QED) is 0.217. The molecule has 15 nitrogen and oxygen atoms in total. The van der Waals surface area contributed by atoms with Crippen LogP contribution in [-0.2, 0) is 42.3 Å². The lowest BCUT2D eigenvalue weighted by Gasteiger charge is -2.39. The number of amides is 2. The minimum atomic E-state index is -1.49. The predicted octanol–water partition coefficient (Wildman–Crippen LogP) is 2.91. The van der Waals surface area contributed by atoms with E-state index in [-0.39, 0.29) is 47.3 Å². The number of phenols is 2. The van der Waals surface area contributed by atoms with Gasteiger partial charge in [-0.15, -0.1) is 0 Å². The summed E-state index contributed by atoms with van der Waals surface area (Å²) in [5.41, 5.74) is 10.4. The molecule has 2 aromatic heterocycles. The van der Waals surface area contributed by atoms with Gasteiger partial charge in [0.1, 0.15) is 22.9 Å². The van der Waals surface area contributed by atoms with Gasteiger partial charge in [-0.2, -0.15) is 0 Å². The Morgan fingerprint density at radius 2 is 1.61 bits per heavy atom. The molecule has 8 rings (SSSR count). The average molecular weight is 736 g/mol. The summed E-state index contributed by atoms with van der Waals surface area (Å²) >= 11 is 0. The standard InChI is InChI=1S/C39H45N9O6/c1-23(2)28-14-29(33(50)15-32(28)49)36(51)47-19-25-4-3-24(13-26(25)20-47)18-45-7-5-39(53,6-8-45)37(52)48-21-30-31(22-48)43-34(27-16-41-38(40)42-17-27)44-35(30)46-9-11-54-12-10-46/h3-4,13-17,23,49-50,53H,5-12,18-22H2,1-2H3,(H2,40,41,42). The van der Waals surface area contributed by atoms with Crippen LogP contribution in [0.4, 0.5) is 11.8 Å². The number of phenolic OH excluding ortho intramolecular Hbond substituents is 2. The number of aromatic nitrogens is 4. The molecule has 0 unspecified atom stereocenters. The monoisotopic (exact) mass is 735 g/mol. The van der Waals surface area contributed by atoms with Gasteiger partial charge < -0.3 is 40.5 Å². The molecule has 0 aliphatic carbocycles. The van der Waals surface area contributed by atoms with Gasteiger partial charge in [0.25, 0.3) is 11.8 Å². The van der Waals surface area contributed by atoms with E-state index in [1.165, 1.54) is 6.07 Å². The summed E-state index contributed by atoms with van der Waals surface area (Å²) in [6.45, 7) is 9.50. The maximum absolute atomic E-state index is 14.0. The van der Waals surface area contributed by atoms with Gasteiger partial charge in [-0.3, -0.25) is 14.5 Å². The van der Waals surface area contributed by atoms with Crippen LogP contribution < -0.4 is 10.6 Å². The number of hydrogen-bond donors (Lipinski definition) is 4. The van der Waals surface area contributed by atoms with Crippen molar-refractivity contribution in [3.8, 4) is 22.9 Å². The van der Waals surface area contributed by atoms with E-state index >= 15 is 0 Å². The topological polar surface area (TPSA) is 195 Å². The van der Waals surface area contributed by atoms with Gasteiger partial charge in [0.05, 0.1) is 43.1 Å². The normalized spacial score (nSPS) is 18.3. The van der Waals surface area contributed by atoms with Gasteiger partial charge in [-0.05, 0) is 47.1 Å². The number of fused-ring (bicyclic) bond motifs is 2. The highest BCUT2D eigenvalue weighted by Crippen LogP contribution is 2.37. The third-order valence-corrected chi connectivity index (χ3v) is 11.1. The van der Waals surface area contributed by atoms with Gasteiger partial charge in [0.2, 0.25) is 5.95 Å². The molecule has 0 radical (unpaired) electrons. The van der Waals surface area contributed by atoms with Crippen LogP contribution in [0, 0.1) is 0 Å². The van der Waals surface area contributed by atoms with Crippen molar-refractivity contribution in [2.75, 3.05) is 50.0 Å². The summed E-state index contributed by atoms with van der Waals surface area (Å²) in [6.07, 6.45) is 3.79. The second-order valence-corrected chi connectivity index (χ2v) is 15.0. The van der Waals surface area contributed by atoms with Gasteiger partial charge in [0.15, 0.2) is 5.82 Å². The molecular weight excluding hydrogens is 690 g/mol. The van der Waals surface area contributed by atoms with E-state index in [9.17, 15) is 24.9 Å². The van der Waals surface area contributed by atoms with Crippen LogP contribution in [-0.4, -0.2) is 107 Å². The third kappa shape index (κ3) is 6.78. The lowest BCUT2D eigenvalue weighted by molar-refractivity contribution is -0.157. The van der Waals surface area contributed by atoms with Crippen LogP contribution in [0.2, 0.25) is 0 Å². The molecule has 282 valence electrons. The lowest BCUT2D eigenvalue weighted by atomic mass is 9.89. The first kappa shape index (κ1) is 35.6. The van der Waals surface area contributed by atoms with E-state index in [4.69, 9.17) is 20.4 Å². The number of piperidine rings is 1. The zero-order chi connectivity index (χ0) is 37.7. The number of rotatable bonds is 7. The second-order valence-electron chi connectivity index (χ2n) is 15.0. The number of aromatic hydroxyl groups is 2. The number of anilines is 2. The summed E-state index contributed by atoms with van der Waals surface area (Å²) < 4.78 is 5.58. The van der Waals surface area contributed by atoms with E-state index < -0.39 is 5.60 Å². The molecule has 6 heterocycles. The van der Waals surface area contributed by atoms with E-state index in [2.05, 4.69) is 31.9 Å². The molecule has 0 spiro atoms. The van der Waals surface area contributed by atoms with Crippen molar-refractivity contribution in [2.24, 2.45) is 0 Å². The van der Waals surface area contributed by atoms with Crippen LogP contribution in [0.25, 0.3) is 11.4 Å². The molecule has 2 amide bonds. The molecule has 0 saturated carbocycles. The predicted molar refractivity (Wildman–Crippen MR) is 198 cm³/mol. The highest BCUT2D eigenvalue weighted by atomic mass is 16.5. The fourth-order valence-electron chi connectivity index (χ4n) is 7.94. The smallest absolute Gasteiger partial charge is 0.258 e. The Morgan fingerprint density at radius 1 is 0.889 bits per heavy atom. The molecule has 4 aromatic rings. The number of aliphatic hydroxyl groups is 1. The summed E-state index contributed by atoms with van der Waals surface area (Å²) in [6, 6.07) is 9.05. The first-order chi connectivity index (χ1) is 26.0. The second kappa shape index (κ2) is 14.1. The Labute approximate surface area is 313 Å². The minimum absolute atomic E-state index is 0.00775. The molecule has 2 saturated heterocycles. The van der Waals surface area contributed by atoms with Crippen molar-refractivity contribution in [3.63, 3.8) is 0 Å². The first-order valence-electron chi connectivity index (χ1n) is 18.5. The summed E-state index contributed by atoms with van der Waals surface area (Å²) in [4.78, 5) is 53.2. The Hall–Kier alpha value is -5.38. The van der Waals surface area contributed by atoms with Gasteiger partial charge >= 0.3 is 0 Å². The zero-order valence-corrected chi connectivity index (χ0v) is 30.5. The maximum Gasteiger partial charge on any atom is 0.258 e. The molecule has 2 fully saturated rings. The molecule has 0 bridgehead atoms. The van der Waals surface area contributed by atoms with Crippen molar-refractivity contribution in [1.82, 2.24) is 34.6 Å². The molecule has 2 aromatic carbocycles. The zero-order valence-electron chi connectivity index (χ0n) is 30.5. The highest BCUT2D eigenvalue weighted by molar-refractivity contribution is 5.97. The van der Waals surface area contributed by atoms with Crippen molar-refractivity contribution >= 4 is 23.6 Å². The summed E-state index contributed by atoms with van der Waals surface area (Å²) in [7, 11) is 0. The van der Waals surface area contributed by atoms with Crippen LogP contribution in [0.5, 0.6) is 11.5 Å². The Morgan fingerprint density at radius 3 is 2.33 bits per heavy atom. The number of hydrogen-bond acceptors (Lipinski definition) is 13. The van der Waals surface area contributed by atoms with Gasteiger partial charge in [-0.25, -0.2) is 19.9 Å². The Bertz CT molecular complexity index is 2100. The first-order valence-corrected chi connectivity index (χ1v) is 18.5. The molecular formula is C39H45N9O6. The molecule has 0 atom stereocenters. The maximum atomic E-state index is 14.0. The number of carbonyl (C=O) groups is 2. The molecule has 4 aliphatic heterocycles. The number of benzene rings is 2. The van der Waals surface area contributed by atoms with E-state index in [0.29, 0.717) is 95.4 Å². The van der Waals surface area contributed by atoms with Crippen molar-refractivity contribution < 1.29 is 29.6 Å². The minimum Gasteiger partial charge on any atom is -0.508 e. The van der Waals surface area contributed by atoms with Crippen LogP contribution in [0.1, 0.15) is 76.5 Å². The highest BCUT2D eigenvalue weighted by Gasteiger charge is 2.44. The van der Waals surface area contributed by atoms with Crippen molar-refractivity contribution in [1.29, 1.82) is 0 Å². The van der Waals surface area contributed by atoms with Crippen LogP contribution in [0.3, 0.4) is 0 Å². The van der Waals surface area contributed by atoms with Crippen molar-refractivity contribution in [2.45, 2.75) is 70.9 Å². The number of nitrogens with two attached hydrogens (primary N) is 1. The van der Waals surface area contributed by atoms with E-state index in [0.717, 1.165) is 33.8 Å². The Kier molecular flexibility index (Phi) is 9.32. The van der Waals surface area contributed by atoms with Crippen LogP contribution in [0.15, 0.2) is 42.7 Å². The average Bonchev–Trinajstić information content (AvgIpc) is 3.80. The number of carbonyl (C=O) groups excluding carboxylic acids is 2. The van der Waals surface area contributed by atoms with E-state index in [1.807, 2.05) is 19.9 Å². The third-order valence-electron chi connectivity index (χ3n) is 11.1. The molecule has 15 heteroatoms. The summed E-state index contributed by atoms with van der Waals surface area (Å²) in [5, 5.41) is 32.5. The fraction of sp³-hybridized carbons (Fsp3) is 0.436. The molecule has 54 heavy (non-hydrogen) atoms. The SMILES string of the molecule is CC(C)c1cc(C(=O)N2Cc3ccc(CN4CCC(O)(C(=O)N5Cc6nc(-c7cnc(N)nc7)nc(N7CCOCC7)c6C5)CC4)cc3C2)c(O)cc1O. The van der Waals surface area contributed by atoms with E-state index in [1.54, 1.807) is 28.3 Å². The number of likely N-dealkylation sites (tertiary alicyclic amines) is 1. The van der Waals surface area contributed by atoms with Gasteiger partial charge in [0, 0.05) is 69.8 Å². The number of ether oxygens (including phenoxy) is 1. The van der Waals surface area contributed by atoms with Crippen LogP contribution >= 0.6 is 0 Å². The molecule has 4 aliphatic rings. The summed E-state index contributed by atoms with van der Waals surface area (Å²) in [5.74, 6) is 0.527.